The number of carbonyl (C=O) groups excluding carboxylic acids is 1. The molecule has 116 valence electrons. The van der Waals surface area contributed by atoms with Gasteiger partial charge in [-0.2, -0.15) is 0 Å². The van der Waals surface area contributed by atoms with Crippen molar-refractivity contribution in [1.29, 1.82) is 0 Å². The Hall–Kier alpha value is -2.41. The van der Waals surface area contributed by atoms with Crippen molar-refractivity contribution in [1.82, 2.24) is 0 Å². The van der Waals surface area contributed by atoms with Gasteiger partial charge in [0.25, 0.3) is 0 Å². The molecule has 7 heteroatoms. The van der Waals surface area contributed by atoms with Crippen molar-refractivity contribution in [3.8, 4) is 0 Å². The van der Waals surface area contributed by atoms with Gasteiger partial charge in [-0.25, -0.2) is 12.8 Å². The highest BCUT2D eigenvalue weighted by atomic mass is 32.2. The Morgan fingerprint density at radius 1 is 1.09 bits per heavy atom. The molecular weight excluding hydrogens is 307 g/mol. The van der Waals surface area contributed by atoms with E-state index in [0.717, 1.165) is 0 Å². The van der Waals surface area contributed by atoms with E-state index < -0.39 is 21.7 Å². The molecule has 5 nitrogen and oxygen atoms in total. The van der Waals surface area contributed by atoms with E-state index in [-0.39, 0.29) is 12.2 Å². The van der Waals surface area contributed by atoms with Gasteiger partial charge in [0.05, 0.1) is 12.2 Å². The van der Waals surface area contributed by atoms with Crippen LogP contribution in [-0.4, -0.2) is 14.3 Å². The molecule has 0 saturated heterocycles. The highest BCUT2D eigenvalue weighted by molar-refractivity contribution is 7.91. The Kier molecular flexibility index (Phi) is 4.77. The van der Waals surface area contributed by atoms with Gasteiger partial charge in [0, 0.05) is 5.69 Å². The van der Waals surface area contributed by atoms with Crippen LogP contribution in [0.25, 0.3) is 0 Å². The summed E-state index contributed by atoms with van der Waals surface area (Å²) in [5, 5.41) is 0. The van der Waals surface area contributed by atoms with Crippen molar-refractivity contribution in [2.75, 3.05) is 4.72 Å². The summed E-state index contributed by atoms with van der Waals surface area (Å²) in [4.78, 5) is 10.8. The van der Waals surface area contributed by atoms with E-state index in [4.69, 9.17) is 5.73 Å². The number of hydrogen-bond donors (Lipinski definition) is 2. The van der Waals surface area contributed by atoms with Crippen molar-refractivity contribution < 1.29 is 17.6 Å². The first-order valence-electron chi connectivity index (χ1n) is 6.46. The number of halogens is 1. The zero-order valence-electron chi connectivity index (χ0n) is 11.6. The number of anilines is 1. The highest BCUT2D eigenvalue weighted by Crippen LogP contribution is 2.15. The molecule has 0 aromatic heterocycles. The van der Waals surface area contributed by atoms with Gasteiger partial charge in [0.15, 0.2) is 0 Å². The standard InChI is InChI=1S/C15H15FN2O3S/c16-13-3-1-2-12(8-13)10-22(20,21)18-14-6-4-11(5-7-14)9-15(17)19/h1-8,18H,9-10H2,(H2,17,19). The molecule has 0 unspecified atom stereocenters. The Bertz CT molecular complexity index is 774. The monoisotopic (exact) mass is 322 g/mol. The first-order chi connectivity index (χ1) is 10.3. The summed E-state index contributed by atoms with van der Waals surface area (Å²) in [6.07, 6.45) is 0.0936. The topological polar surface area (TPSA) is 89.3 Å². The van der Waals surface area contributed by atoms with E-state index in [1.54, 1.807) is 24.3 Å². The summed E-state index contributed by atoms with van der Waals surface area (Å²) in [7, 11) is -3.65. The van der Waals surface area contributed by atoms with Gasteiger partial charge < -0.3 is 5.73 Å². The third-order valence-corrected chi connectivity index (χ3v) is 4.11. The fraction of sp³-hybridized carbons (Fsp3) is 0.133. The van der Waals surface area contributed by atoms with Crippen LogP contribution in [0.4, 0.5) is 10.1 Å². The Labute approximate surface area is 128 Å². The normalized spacial score (nSPS) is 11.1. The molecule has 0 aliphatic rings. The quantitative estimate of drug-likeness (QED) is 0.850. The summed E-state index contributed by atoms with van der Waals surface area (Å²) in [6.45, 7) is 0. The Balaban J connectivity index is 2.06. The zero-order valence-corrected chi connectivity index (χ0v) is 12.4. The average Bonchev–Trinajstić information content (AvgIpc) is 2.39. The maximum Gasteiger partial charge on any atom is 0.236 e. The van der Waals surface area contributed by atoms with Crippen LogP contribution in [0.3, 0.4) is 0 Å². The highest BCUT2D eigenvalue weighted by Gasteiger charge is 2.12. The number of rotatable bonds is 6. The molecule has 0 bridgehead atoms. The second-order valence-corrected chi connectivity index (χ2v) is 6.55. The lowest BCUT2D eigenvalue weighted by atomic mass is 10.1. The predicted molar refractivity (Wildman–Crippen MR) is 82.0 cm³/mol. The molecule has 0 radical (unpaired) electrons. The number of nitrogens with one attached hydrogen (secondary N) is 1. The molecule has 22 heavy (non-hydrogen) atoms. The van der Waals surface area contributed by atoms with Crippen LogP contribution < -0.4 is 10.5 Å². The molecule has 0 atom stereocenters. The predicted octanol–water partition coefficient (Wildman–Crippen LogP) is 1.80. The van der Waals surface area contributed by atoms with E-state index >= 15 is 0 Å². The number of carbonyl (C=O) groups is 1. The number of amides is 1. The summed E-state index contributed by atoms with van der Waals surface area (Å²) >= 11 is 0. The van der Waals surface area contributed by atoms with Crippen molar-refractivity contribution in [2.45, 2.75) is 12.2 Å². The molecule has 2 aromatic rings. The minimum absolute atomic E-state index is 0.0936. The van der Waals surface area contributed by atoms with Crippen molar-refractivity contribution in [2.24, 2.45) is 5.73 Å². The summed E-state index contributed by atoms with van der Waals surface area (Å²) in [6, 6.07) is 11.7. The van der Waals surface area contributed by atoms with Crippen LogP contribution in [0.5, 0.6) is 0 Å². The third-order valence-electron chi connectivity index (χ3n) is 2.85. The van der Waals surface area contributed by atoms with Crippen LogP contribution in [0, 0.1) is 5.82 Å². The van der Waals surface area contributed by atoms with E-state index in [2.05, 4.69) is 4.72 Å². The van der Waals surface area contributed by atoms with Gasteiger partial charge in [-0.3, -0.25) is 9.52 Å². The summed E-state index contributed by atoms with van der Waals surface area (Å²) in [5.74, 6) is -1.27. The van der Waals surface area contributed by atoms with Gasteiger partial charge in [0.2, 0.25) is 15.9 Å². The molecule has 2 aromatic carbocycles. The van der Waals surface area contributed by atoms with Crippen LogP contribution in [0.15, 0.2) is 48.5 Å². The van der Waals surface area contributed by atoms with E-state index in [9.17, 15) is 17.6 Å². The van der Waals surface area contributed by atoms with Gasteiger partial charge in [-0.15, -0.1) is 0 Å². The molecule has 0 heterocycles. The van der Waals surface area contributed by atoms with Gasteiger partial charge >= 0.3 is 0 Å². The van der Waals surface area contributed by atoms with Crippen LogP contribution in [0.2, 0.25) is 0 Å². The second kappa shape index (κ2) is 6.57. The first kappa shape index (κ1) is 16.0. The van der Waals surface area contributed by atoms with Gasteiger partial charge in [-0.1, -0.05) is 24.3 Å². The van der Waals surface area contributed by atoms with E-state index in [0.29, 0.717) is 16.8 Å². The second-order valence-electron chi connectivity index (χ2n) is 4.83. The summed E-state index contributed by atoms with van der Waals surface area (Å²) in [5.41, 5.74) is 6.50. The summed E-state index contributed by atoms with van der Waals surface area (Å²) < 4.78 is 39.5. The zero-order chi connectivity index (χ0) is 16.2. The minimum Gasteiger partial charge on any atom is -0.369 e. The average molecular weight is 322 g/mol. The molecule has 0 aliphatic carbocycles. The van der Waals surface area contributed by atoms with Gasteiger partial charge in [-0.05, 0) is 35.4 Å². The molecule has 0 saturated carbocycles. The van der Waals surface area contributed by atoms with E-state index in [1.807, 2.05) is 0 Å². The smallest absolute Gasteiger partial charge is 0.236 e. The van der Waals surface area contributed by atoms with Crippen molar-refractivity contribution >= 4 is 21.6 Å². The fourth-order valence-corrected chi connectivity index (χ4v) is 3.14. The Morgan fingerprint density at radius 3 is 2.36 bits per heavy atom. The third kappa shape index (κ3) is 4.85. The lowest BCUT2D eigenvalue weighted by Gasteiger charge is -2.09. The molecule has 0 aliphatic heterocycles. The Morgan fingerprint density at radius 2 is 1.77 bits per heavy atom. The van der Waals surface area contributed by atoms with E-state index in [1.165, 1.54) is 24.3 Å². The van der Waals surface area contributed by atoms with Crippen LogP contribution >= 0.6 is 0 Å². The lowest BCUT2D eigenvalue weighted by Crippen LogP contribution is -2.16. The molecule has 1 amide bonds. The SMILES string of the molecule is NC(=O)Cc1ccc(NS(=O)(=O)Cc2cccc(F)c2)cc1. The number of nitrogens with two attached hydrogens (primary N) is 1. The molecular formula is C15H15FN2O3S. The van der Waals surface area contributed by atoms with Crippen LogP contribution in [-0.2, 0) is 27.0 Å². The number of primary amides is 1. The minimum atomic E-state index is -3.65. The molecule has 3 N–H and O–H groups in total. The maximum atomic E-state index is 13.1. The fourth-order valence-electron chi connectivity index (χ4n) is 1.95. The largest absolute Gasteiger partial charge is 0.369 e. The maximum absolute atomic E-state index is 13.1. The molecule has 2 rings (SSSR count). The lowest BCUT2D eigenvalue weighted by molar-refractivity contribution is -0.117. The van der Waals surface area contributed by atoms with Crippen molar-refractivity contribution in [3.05, 3.63) is 65.5 Å². The van der Waals surface area contributed by atoms with Crippen molar-refractivity contribution in [3.63, 3.8) is 0 Å². The number of sulfonamides is 1. The molecule has 0 fully saturated rings. The van der Waals surface area contributed by atoms with Crippen LogP contribution in [0.1, 0.15) is 11.1 Å². The van der Waals surface area contributed by atoms with Gasteiger partial charge in [0.1, 0.15) is 5.82 Å². The number of hydrogen-bond acceptors (Lipinski definition) is 3. The molecule has 0 spiro atoms. The number of benzene rings is 2. The first-order valence-corrected chi connectivity index (χ1v) is 8.11.